The second-order valence-corrected chi connectivity index (χ2v) is 8.34. The number of amides is 1. The van der Waals surface area contributed by atoms with Crippen LogP contribution in [-0.4, -0.2) is 46.7 Å². The molecule has 4 rings (SSSR count). The predicted octanol–water partition coefficient (Wildman–Crippen LogP) is 3.14. The molecule has 2 heterocycles. The van der Waals surface area contributed by atoms with Crippen molar-refractivity contribution in [1.29, 1.82) is 0 Å². The summed E-state index contributed by atoms with van der Waals surface area (Å²) in [6, 6.07) is 1.94. The maximum Gasteiger partial charge on any atom is 0.267 e. The Kier molecular flexibility index (Phi) is 5.10. The van der Waals surface area contributed by atoms with Crippen molar-refractivity contribution < 1.29 is 9.90 Å². The van der Waals surface area contributed by atoms with Crippen LogP contribution in [0.4, 0.5) is 0 Å². The number of rotatable bonds is 5. The fourth-order valence-electron chi connectivity index (χ4n) is 4.05. The molecule has 0 spiro atoms. The number of aryl methyl sites for hydroxylation is 1. The van der Waals surface area contributed by atoms with Gasteiger partial charge in [0.2, 0.25) is 0 Å². The Morgan fingerprint density at radius 3 is 2.61 bits per heavy atom. The molecule has 1 aliphatic heterocycles. The summed E-state index contributed by atoms with van der Waals surface area (Å²) in [5, 5.41) is 14.5. The third kappa shape index (κ3) is 3.29. The van der Waals surface area contributed by atoms with Gasteiger partial charge in [-0.1, -0.05) is 11.6 Å². The summed E-state index contributed by atoms with van der Waals surface area (Å²) in [6.07, 6.45) is 4.15. The van der Waals surface area contributed by atoms with Crippen molar-refractivity contribution in [2.24, 2.45) is 0 Å². The number of fused-ring (bicyclic) bond motifs is 1. The number of aromatic hydroxyl groups is 1. The summed E-state index contributed by atoms with van der Waals surface area (Å²) < 4.78 is 1.64. The first-order chi connectivity index (χ1) is 13.4. The molecule has 1 saturated heterocycles. The van der Waals surface area contributed by atoms with Crippen molar-refractivity contribution in [1.82, 2.24) is 14.8 Å². The van der Waals surface area contributed by atoms with Gasteiger partial charge in [-0.15, -0.1) is 0 Å². The van der Waals surface area contributed by atoms with Gasteiger partial charge in [-0.2, -0.15) is 0 Å². The molecule has 1 aromatic heterocycles. The second kappa shape index (κ2) is 7.41. The predicted molar refractivity (Wildman–Crippen MR) is 111 cm³/mol. The van der Waals surface area contributed by atoms with Crippen LogP contribution in [0.15, 0.2) is 10.9 Å². The van der Waals surface area contributed by atoms with E-state index in [2.05, 4.69) is 10.2 Å². The van der Waals surface area contributed by atoms with Crippen molar-refractivity contribution >= 4 is 28.4 Å². The summed E-state index contributed by atoms with van der Waals surface area (Å²) in [4.78, 5) is 28.2. The SMILES string of the molecule is Cc1cc2c(c(O)c(C(=O)NCCN3CCCC3)c(=O)n2C2CC2)c(Cl)c1C. The van der Waals surface area contributed by atoms with Crippen LogP contribution in [0.25, 0.3) is 10.9 Å². The van der Waals surface area contributed by atoms with Gasteiger partial charge in [-0.3, -0.25) is 9.59 Å². The molecule has 1 amide bonds. The number of nitrogens with one attached hydrogen (secondary N) is 1. The molecule has 150 valence electrons. The van der Waals surface area contributed by atoms with E-state index in [1.165, 1.54) is 12.8 Å². The van der Waals surface area contributed by atoms with Crippen LogP contribution in [-0.2, 0) is 0 Å². The van der Waals surface area contributed by atoms with Gasteiger partial charge in [0.1, 0.15) is 11.3 Å². The standard InChI is InChI=1S/C21H26ClN3O3/c1-12-11-15-16(18(22)13(12)2)19(26)17(21(28)25(15)14-5-6-14)20(27)23-7-10-24-8-3-4-9-24/h11,14,26H,3-10H2,1-2H3,(H,23,27). The number of hydrogen-bond acceptors (Lipinski definition) is 4. The monoisotopic (exact) mass is 403 g/mol. The molecule has 1 saturated carbocycles. The van der Waals surface area contributed by atoms with Gasteiger partial charge in [0, 0.05) is 19.1 Å². The summed E-state index contributed by atoms with van der Waals surface area (Å²) in [5.74, 6) is -0.851. The third-order valence-corrected chi connectivity index (χ3v) is 6.44. The van der Waals surface area contributed by atoms with Gasteiger partial charge in [0.05, 0.1) is 15.9 Å². The number of likely N-dealkylation sites (tertiary alicyclic amines) is 1. The van der Waals surface area contributed by atoms with E-state index in [4.69, 9.17) is 11.6 Å². The molecule has 0 atom stereocenters. The molecule has 1 aromatic carbocycles. The number of pyridine rings is 1. The Labute approximate surface area is 169 Å². The first-order valence-electron chi connectivity index (χ1n) is 9.97. The largest absolute Gasteiger partial charge is 0.506 e. The van der Waals surface area contributed by atoms with E-state index in [1.54, 1.807) is 4.57 Å². The van der Waals surface area contributed by atoms with Gasteiger partial charge in [0.25, 0.3) is 11.5 Å². The average Bonchev–Trinajstić information content (AvgIpc) is 3.34. The highest BCUT2D eigenvalue weighted by Crippen LogP contribution is 2.41. The minimum absolute atomic E-state index is 0.0601. The first kappa shape index (κ1) is 19.3. The van der Waals surface area contributed by atoms with E-state index in [1.807, 2.05) is 19.9 Å². The lowest BCUT2D eigenvalue weighted by molar-refractivity contribution is 0.0945. The minimum Gasteiger partial charge on any atom is -0.506 e. The fourth-order valence-corrected chi connectivity index (χ4v) is 4.39. The summed E-state index contributed by atoms with van der Waals surface area (Å²) >= 11 is 6.54. The number of aromatic nitrogens is 1. The lowest BCUT2D eigenvalue weighted by Gasteiger charge is -2.18. The molecule has 0 radical (unpaired) electrons. The lowest BCUT2D eigenvalue weighted by Crippen LogP contribution is -2.37. The van der Waals surface area contributed by atoms with Gasteiger partial charge in [-0.05, 0) is 69.8 Å². The molecular formula is C21H26ClN3O3. The average molecular weight is 404 g/mol. The number of carbonyl (C=O) groups is 1. The van der Waals surface area contributed by atoms with Crippen LogP contribution in [0.3, 0.4) is 0 Å². The van der Waals surface area contributed by atoms with Crippen LogP contribution < -0.4 is 10.9 Å². The lowest BCUT2D eigenvalue weighted by atomic mass is 10.0. The molecule has 2 N–H and O–H groups in total. The molecule has 6 nitrogen and oxygen atoms in total. The number of benzene rings is 1. The van der Waals surface area contributed by atoms with E-state index >= 15 is 0 Å². The van der Waals surface area contributed by atoms with Crippen molar-refractivity contribution in [3.05, 3.63) is 38.1 Å². The minimum atomic E-state index is -0.535. The van der Waals surface area contributed by atoms with Gasteiger partial charge >= 0.3 is 0 Å². The molecule has 0 bridgehead atoms. The maximum absolute atomic E-state index is 13.1. The van der Waals surface area contributed by atoms with Crippen molar-refractivity contribution in [2.75, 3.05) is 26.2 Å². The first-order valence-corrected chi connectivity index (χ1v) is 10.4. The molecule has 7 heteroatoms. The van der Waals surface area contributed by atoms with E-state index in [0.29, 0.717) is 22.5 Å². The Morgan fingerprint density at radius 1 is 1.29 bits per heavy atom. The Hall–Kier alpha value is -2.05. The summed E-state index contributed by atoms with van der Waals surface area (Å²) in [6.45, 7) is 7.08. The van der Waals surface area contributed by atoms with Crippen molar-refractivity contribution in [3.63, 3.8) is 0 Å². The molecule has 28 heavy (non-hydrogen) atoms. The van der Waals surface area contributed by atoms with Gasteiger partial charge < -0.3 is 19.9 Å². The number of hydrogen-bond donors (Lipinski definition) is 2. The van der Waals surface area contributed by atoms with E-state index in [9.17, 15) is 14.7 Å². The smallest absolute Gasteiger partial charge is 0.267 e. The molecular weight excluding hydrogens is 378 g/mol. The molecule has 2 aliphatic rings. The highest BCUT2D eigenvalue weighted by atomic mass is 35.5. The second-order valence-electron chi connectivity index (χ2n) is 7.96. The van der Waals surface area contributed by atoms with E-state index in [0.717, 1.165) is 43.6 Å². The fraction of sp³-hybridized carbons (Fsp3) is 0.524. The molecule has 2 aromatic rings. The van der Waals surface area contributed by atoms with Crippen molar-refractivity contribution in [3.8, 4) is 5.75 Å². The molecule has 1 aliphatic carbocycles. The van der Waals surface area contributed by atoms with Gasteiger partial charge in [-0.25, -0.2) is 0 Å². The van der Waals surface area contributed by atoms with E-state index in [-0.39, 0.29) is 17.4 Å². The zero-order valence-corrected chi connectivity index (χ0v) is 17.1. The Balaban J connectivity index is 1.75. The van der Waals surface area contributed by atoms with Gasteiger partial charge in [0.15, 0.2) is 0 Å². The molecule has 2 fully saturated rings. The van der Waals surface area contributed by atoms with Crippen LogP contribution in [0, 0.1) is 13.8 Å². The summed E-state index contributed by atoms with van der Waals surface area (Å²) in [5.41, 5.74) is 1.75. The highest BCUT2D eigenvalue weighted by molar-refractivity contribution is 6.37. The van der Waals surface area contributed by atoms with Crippen LogP contribution >= 0.6 is 11.6 Å². The zero-order valence-electron chi connectivity index (χ0n) is 16.3. The number of halogens is 1. The Morgan fingerprint density at radius 2 is 1.96 bits per heavy atom. The molecule has 0 unspecified atom stereocenters. The highest BCUT2D eigenvalue weighted by Gasteiger charge is 2.32. The summed E-state index contributed by atoms with van der Waals surface area (Å²) in [7, 11) is 0. The van der Waals surface area contributed by atoms with Crippen LogP contribution in [0.5, 0.6) is 5.75 Å². The Bertz CT molecular complexity index is 1000. The third-order valence-electron chi connectivity index (χ3n) is 5.97. The van der Waals surface area contributed by atoms with Crippen molar-refractivity contribution in [2.45, 2.75) is 45.6 Å². The maximum atomic E-state index is 13.1. The number of nitrogens with zero attached hydrogens (tertiary/aromatic N) is 2. The quantitative estimate of drug-likeness (QED) is 0.804. The zero-order chi connectivity index (χ0) is 20.0. The van der Waals surface area contributed by atoms with Crippen LogP contribution in [0.1, 0.15) is 53.2 Å². The topological polar surface area (TPSA) is 74.6 Å². The van der Waals surface area contributed by atoms with Crippen LogP contribution in [0.2, 0.25) is 5.02 Å². The number of carbonyl (C=O) groups excluding carboxylic acids is 1. The van der Waals surface area contributed by atoms with E-state index < -0.39 is 11.5 Å². The normalized spacial score (nSPS) is 17.4.